The number of aromatic nitrogens is 1. The Labute approximate surface area is 167 Å². The minimum Gasteiger partial charge on any atom is -0.493 e. The van der Waals surface area contributed by atoms with Gasteiger partial charge in [-0.15, -0.1) is 0 Å². The van der Waals surface area contributed by atoms with E-state index >= 15 is 0 Å². The molecule has 4 rings (SSSR count). The quantitative estimate of drug-likeness (QED) is 0.662. The van der Waals surface area contributed by atoms with Gasteiger partial charge < -0.3 is 9.64 Å². The lowest BCUT2D eigenvalue weighted by molar-refractivity contribution is 0.0992. The molecule has 6 heteroatoms. The summed E-state index contributed by atoms with van der Waals surface area (Å²) in [6.07, 6.45) is 4.13. The first-order valence-electron chi connectivity index (χ1n) is 8.75. The number of ether oxygens (including phenoxy) is 1. The summed E-state index contributed by atoms with van der Waals surface area (Å²) in [5.74, 6) is 0.645. The number of hydrogen-bond donors (Lipinski definition) is 0. The summed E-state index contributed by atoms with van der Waals surface area (Å²) in [5, 5.41) is 9.79. The molecule has 3 aromatic rings. The molecule has 0 N–H and O–H groups in total. The lowest BCUT2D eigenvalue weighted by Crippen LogP contribution is -2.27. The Bertz CT molecular complexity index is 1120. The summed E-state index contributed by atoms with van der Waals surface area (Å²) in [7, 11) is 1.62. The lowest BCUT2D eigenvalue weighted by atomic mass is 10.0. The Balaban J connectivity index is 1.67. The van der Waals surface area contributed by atoms with Crippen molar-refractivity contribution in [3.8, 4) is 22.9 Å². The first kappa shape index (κ1) is 18.0. The summed E-state index contributed by atoms with van der Waals surface area (Å²) < 4.78 is 5.55. The van der Waals surface area contributed by atoms with Crippen molar-refractivity contribution in [1.29, 1.82) is 5.26 Å². The van der Waals surface area contributed by atoms with E-state index in [0.717, 1.165) is 28.9 Å². The van der Waals surface area contributed by atoms with Gasteiger partial charge in [0.1, 0.15) is 11.8 Å². The molecule has 0 fully saturated rings. The normalized spacial score (nSPS) is 12.0. The molecule has 0 radical (unpaired) electrons. The molecule has 2 heterocycles. The second-order valence-electron chi connectivity index (χ2n) is 6.52. The summed E-state index contributed by atoms with van der Waals surface area (Å²) in [6, 6.07) is 14.7. The van der Waals surface area contributed by atoms with Crippen LogP contribution in [0.4, 0.5) is 5.69 Å². The molecule has 0 saturated heterocycles. The van der Waals surface area contributed by atoms with Crippen LogP contribution in [0.15, 0.2) is 54.9 Å². The maximum atomic E-state index is 13.0. The largest absolute Gasteiger partial charge is 0.493 e. The number of halogens is 1. The molecule has 1 aromatic heterocycles. The average Bonchev–Trinajstić information content (AvgIpc) is 3.20. The van der Waals surface area contributed by atoms with Crippen molar-refractivity contribution in [1.82, 2.24) is 4.98 Å². The minimum absolute atomic E-state index is 0.266. The van der Waals surface area contributed by atoms with Gasteiger partial charge in [0.25, 0.3) is 5.91 Å². The number of pyridine rings is 1. The predicted octanol–water partition coefficient (Wildman–Crippen LogP) is 4.49. The van der Waals surface area contributed by atoms with E-state index in [-0.39, 0.29) is 5.91 Å². The van der Waals surface area contributed by atoms with Crippen molar-refractivity contribution < 1.29 is 9.53 Å². The van der Waals surface area contributed by atoms with E-state index in [0.29, 0.717) is 28.4 Å². The van der Waals surface area contributed by atoms with Crippen molar-refractivity contribution in [3.05, 3.63) is 76.6 Å². The Morgan fingerprint density at radius 1 is 1.18 bits per heavy atom. The second kappa shape index (κ2) is 7.34. The zero-order valence-electron chi connectivity index (χ0n) is 15.1. The average molecular weight is 390 g/mol. The number of nitriles is 1. The molecule has 138 valence electrons. The third kappa shape index (κ3) is 3.30. The van der Waals surface area contributed by atoms with E-state index in [2.05, 4.69) is 17.1 Å². The van der Waals surface area contributed by atoms with Gasteiger partial charge in [-0.3, -0.25) is 9.78 Å². The zero-order chi connectivity index (χ0) is 19.7. The molecular weight excluding hydrogens is 374 g/mol. The molecule has 2 aromatic carbocycles. The summed E-state index contributed by atoms with van der Waals surface area (Å²) in [5.41, 5.74) is 4.25. The van der Waals surface area contributed by atoms with Gasteiger partial charge in [-0.25, -0.2) is 0 Å². The molecule has 0 atom stereocenters. The molecule has 0 bridgehead atoms. The van der Waals surface area contributed by atoms with Gasteiger partial charge in [0.15, 0.2) is 0 Å². The first-order chi connectivity index (χ1) is 13.6. The number of hydrogen-bond acceptors (Lipinski definition) is 4. The number of rotatable bonds is 3. The molecule has 0 aliphatic carbocycles. The molecule has 1 aliphatic heterocycles. The highest BCUT2D eigenvalue weighted by atomic mass is 35.5. The zero-order valence-corrected chi connectivity index (χ0v) is 15.9. The van der Waals surface area contributed by atoms with Crippen LogP contribution in [0.2, 0.25) is 5.02 Å². The number of benzene rings is 2. The van der Waals surface area contributed by atoms with Crippen LogP contribution in [0.25, 0.3) is 11.1 Å². The Morgan fingerprint density at radius 2 is 2.04 bits per heavy atom. The van der Waals surface area contributed by atoms with E-state index in [4.69, 9.17) is 16.3 Å². The van der Waals surface area contributed by atoms with Crippen molar-refractivity contribution in [2.24, 2.45) is 0 Å². The topological polar surface area (TPSA) is 66.2 Å². The number of carbonyl (C=O) groups is 1. The van der Waals surface area contributed by atoms with Crippen LogP contribution in [0.3, 0.4) is 0 Å². The van der Waals surface area contributed by atoms with Crippen molar-refractivity contribution >= 4 is 23.2 Å². The van der Waals surface area contributed by atoms with Gasteiger partial charge in [0, 0.05) is 36.4 Å². The van der Waals surface area contributed by atoms with Crippen LogP contribution >= 0.6 is 11.6 Å². The summed E-state index contributed by atoms with van der Waals surface area (Å²) >= 11 is 6.05. The summed E-state index contributed by atoms with van der Waals surface area (Å²) in [4.78, 5) is 18.7. The molecular formula is C22H16ClN3O2. The van der Waals surface area contributed by atoms with E-state index in [1.54, 1.807) is 37.5 Å². The maximum absolute atomic E-state index is 13.0. The molecule has 1 amide bonds. The van der Waals surface area contributed by atoms with E-state index < -0.39 is 0 Å². The third-order valence-electron chi connectivity index (χ3n) is 4.75. The predicted molar refractivity (Wildman–Crippen MR) is 108 cm³/mol. The van der Waals surface area contributed by atoms with Crippen LogP contribution in [0.5, 0.6) is 5.75 Å². The lowest BCUT2D eigenvalue weighted by Gasteiger charge is -2.19. The summed E-state index contributed by atoms with van der Waals surface area (Å²) in [6.45, 7) is 0.696. The monoisotopic (exact) mass is 389 g/mol. The molecule has 0 spiro atoms. The number of fused-ring (bicyclic) bond motifs is 1. The fourth-order valence-electron chi connectivity index (χ4n) is 3.26. The van der Waals surface area contributed by atoms with Gasteiger partial charge in [-0.1, -0.05) is 17.7 Å². The van der Waals surface area contributed by atoms with Crippen LogP contribution in [0.1, 0.15) is 21.5 Å². The minimum atomic E-state index is -0.266. The molecule has 5 nitrogen and oxygen atoms in total. The molecule has 1 aliphatic rings. The first-order valence-corrected chi connectivity index (χ1v) is 9.13. The van der Waals surface area contributed by atoms with E-state index in [1.807, 2.05) is 12.1 Å². The Hall–Kier alpha value is -3.36. The fraction of sp³-hybridized carbons (Fsp3) is 0.136. The van der Waals surface area contributed by atoms with Crippen LogP contribution in [-0.2, 0) is 6.42 Å². The van der Waals surface area contributed by atoms with Crippen molar-refractivity contribution in [3.63, 3.8) is 0 Å². The molecule has 28 heavy (non-hydrogen) atoms. The van der Waals surface area contributed by atoms with Gasteiger partial charge in [-0.2, -0.15) is 5.26 Å². The molecule has 0 saturated carbocycles. The Morgan fingerprint density at radius 3 is 2.86 bits per heavy atom. The van der Waals surface area contributed by atoms with E-state index in [9.17, 15) is 10.1 Å². The van der Waals surface area contributed by atoms with E-state index in [1.165, 1.54) is 11.1 Å². The number of nitrogens with zero attached hydrogens (tertiary/aromatic N) is 3. The third-order valence-corrected chi connectivity index (χ3v) is 4.99. The van der Waals surface area contributed by atoms with Crippen LogP contribution < -0.4 is 9.64 Å². The number of carbonyl (C=O) groups excluding carboxylic acids is 1. The Kier molecular flexibility index (Phi) is 4.72. The highest BCUT2D eigenvalue weighted by Gasteiger charge is 2.19. The fourth-order valence-corrected chi connectivity index (χ4v) is 3.43. The van der Waals surface area contributed by atoms with Crippen molar-refractivity contribution in [2.45, 2.75) is 6.42 Å². The second-order valence-corrected chi connectivity index (χ2v) is 6.96. The van der Waals surface area contributed by atoms with Crippen LogP contribution in [0, 0.1) is 11.3 Å². The van der Waals surface area contributed by atoms with Crippen molar-refractivity contribution in [2.75, 3.05) is 18.6 Å². The highest BCUT2D eigenvalue weighted by molar-refractivity contribution is 6.31. The standard InChI is InChI=1S/C22H16ClN3O2/c1-26(20-10-19(23)4-2-16(20)11-24)22(27)18-9-17(12-25-13-18)14-3-5-21-15(8-14)6-7-28-21/h2-5,8-10,12-13H,6-7H2,1H3. The molecule has 0 unspecified atom stereocenters. The van der Waals surface area contributed by atoms with Crippen LogP contribution in [-0.4, -0.2) is 24.5 Å². The smallest absolute Gasteiger partial charge is 0.259 e. The van der Waals surface area contributed by atoms with Gasteiger partial charge >= 0.3 is 0 Å². The number of amides is 1. The highest BCUT2D eigenvalue weighted by Crippen LogP contribution is 2.31. The maximum Gasteiger partial charge on any atom is 0.259 e. The SMILES string of the molecule is CN(C(=O)c1cncc(-c2ccc3c(c2)CCO3)c1)c1cc(Cl)ccc1C#N. The van der Waals surface area contributed by atoms with Gasteiger partial charge in [0.05, 0.1) is 23.4 Å². The van der Waals surface area contributed by atoms with Gasteiger partial charge in [-0.05, 0) is 47.5 Å². The number of anilines is 1. The van der Waals surface area contributed by atoms with Gasteiger partial charge in [0.2, 0.25) is 0 Å².